The summed E-state index contributed by atoms with van der Waals surface area (Å²) >= 11 is 0. The van der Waals surface area contributed by atoms with Crippen molar-refractivity contribution < 1.29 is 14.4 Å². The number of hydrogen-bond donors (Lipinski definition) is 0. The molecule has 1 aromatic heterocycles. The molecule has 0 amide bonds. The summed E-state index contributed by atoms with van der Waals surface area (Å²) in [7, 11) is 0. The molecule has 0 bridgehead atoms. The summed E-state index contributed by atoms with van der Waals surface area (Å²) in [5.41, 5.74) is 2.73. The maximum atomic E-state index is 12.7. The van der Waals surface area contributed by atoms with Crippen molar-refractivity contribution in [2.75, 3.05) is 0 Å². The van der Waals surface area contributed by atoms with E-state index >= 15 is 0 Å². The van der Waals surface area contributed by atoms with E-state index in [9.17, 15) is 20.0 Å². The summed E-state index contributed by atoms with van der Waals surface area (Å²) in [5.74, 6) is -0.702. The summed E-state index contributed by atoms with van der Waals surface area (Å²) in [6.45, 7) is 0. The molecule has 0 atom stereocenters. The van der Waals surface area contributed by atoms with Gasteiger partial charge in [0.1, 0.15) is 5.58 Å². The molecule has 176 valence electrons. The average molecular weight is 475 g/mol. The molecule has 5 rings (SSSR count). The third kappa shape index (κ3) is 4.76. The first-order valence-corrected chi connectivity index (χ1v) is 11.2. The number of benzene rings is 4. The lowest BCUT2D eigenvalue weighted by Gasteiger charge is -2.13. The van der Waals surface area contributed by atoms with Crippen molar-refractivity contribution in [3.05, 3.63) is 134 Å². The van der Waals surface area contributed by atoms with E-state index in [4.69, 9.17) is 4.42 Å². The molecule has 0 aliphatic carbocycles. The van der Waals surface area contributed by atoms with Gasteiger partial charge in [0.15, 0.2) is 0 Å². The fourth-order valence-electron chi connectivity index (χ4n) is 4.02. The standard InChI is InChI=1S/C29H20N2O5/c32-28-23(14-20(15-26(28)31(34)35)13-19-7-2-1-3-8-19)18-30-24-11-6-10-21(16-24)25-17-22-9-4-5-12-27(22)36-29(25)33/h1-12,14-18,32H,13H2/p-1. The Morgan fingerprint density at radius 1 is 0.861 bits per heavy atom. The van der Waals surface area contributed by atoms with Crippen LogP contribution in [0.3, 0.4) is 0 Å². The van der Waals surface area contributed by atoms with Gasteiger partial charge in [0.05, 0.1) is 16.2 Å². The van der Waals surface area contributed by atoms with Crippen LogP contribution in [0.5, 0.6) is 5.75 Å². The molecule has 0 fully saturated rings. The Morgan fingerprint density at radius 2 is 1.64 bits per heavy atom. The van der Waals surface area contributed by atoms with Crippen molar-refractivity contribution in [2.45, 2.75) is 6.42 Å². The lowest BCUT2D eigenvalue weighted by atomic mass is 10.0. The van der Waals surface area contributed by atoms with Gasteiger partial charge in [-0.05, 0) is 64.8 Å². The number of para-hydroxylation sites is 1. The molecule has 1 heterocycles. The second-order valence-corrected chi connectivity index (χ2v) is 8.25. The van der Waals surface area contributed by atoms with Crippen LogP contribution in [0, 0.1) is 10.1 Å². The zero-order valence-electron chi connectivity index (χ0n) is 19.0. The predicted octanol–water partition coefficient (Wildman–Crippen LogP) is 5.78. The summed E-state index contributed by atoms with van der Waals surface area (Å²) in [5, 5.41) is 25.0. The molecule has 0 radical (unpaired) electrons. The van der Waals surface area contributed by atoms with Crippen LogP contribution in [-0.4, -0.2) is 11.1 Å². The molecule has 36 heavy (non-hydrogen) atoms. The van der Waals surface area contributed by atoms with Crippen LogP contribution in [-0.2, 0) is 6.42 Å². The monoisotopic (exact) mass is 475 g/mol. The van der Waals surface area contributed by atoms with E-state index in [0.29, 0.717) is 34.4 Å². The Morgan fingerprint density at radius 3 is 2.44 bits per heavy atom. The lowest BCUT2D eigenvalue weighted by Crippen LogP contribution is -2.04. The minimum atomic E-state index is -0.702. The van der Waals surface area contributed by atoms with Gasteiger partial charge in [-0.2, -0.15) is 0 Å². The number of nitro groups is 1. The third-order valence-electron chi connectivity index (χ3n) is 5.76. The smallest absolute Gasteiger partial charge is 0.344 e. The van der Waals surface area contributed by atoms with E-state index in [-0.39, 0.29) is 5.56 Å². The highest BCUT2D eigenvalue weighted by atomic mass is 16.6. The Balaban J connectivity index is 1.50. The van der Waals surface area contributed by atoms with E-state index in [1.807, 2.05) is 42.5 Å². The third-order valence-corrected chi connectivity index (χ3v) is 5.76. The molecule has 0 unspecified atom stereocenters. The largest absolute Gasteiger partial charge is 0.867 e. The number of hydrogen-bond acceptors (Lipinski definition) is 6. The molecule has 7 heteroatoms. The SMILES string of the molecule is O=c1oc2ccccc2cc1-c1cccc(N=Cc2cc(Cc3ccccc3)cc([N+](=O)[O-])c2[O-])c1. The quantitative estimate of drug-likeness (QED) is 0.134. The molecule has 5 aromatic rings. The van der Waals surface area contributed by atoms with E-state index in [1.54, 1.807) is 48.5 Å². The molecule has 0 N–H and O–H groups in total. The normalized spacial score (nSPS) is 11.2. The van der Waals surface area contributed by atoms with Crippen molar-refractivity contribution in [1.82, 2.24) is 0 Å². The fraction of sp³-hybridized carbons (Fsp3) is 0.0345. The molecule has 0 aliphatic heterocycles. The molecule has 0 saturated heterocycles. The number of rotatable bonds is 6. The zero-order valence-corrected chi connectivity index (χ0v) is 19.0. The van der Waals surface area contributed by atoms with E-state index in [1.165, 1.54) is 12.3 Å². The molecule has 0 aliphatic rings. The number of aliphatic imine (C=N–C) groups is 1. The average Bonchev–Trinajstić information content (AvgIpc) is 2.89. The van der Waals surface area contributed by atoms with Crippen LogP contribution in [0.1, 0.15) is 16.7 Å². The molecular formula is C29H19N2O5-. The summed E-state index contributed by atoms with van der Waals surface area (Å²) in [6, 6.07) is 28.3. The summed E-state index contributed by atoms with van der Waals surface area (Å²) in [6.07, 6.45) is 1.77. The summed E-state index contributed by atoms with van der Waals surface area (Å²) in [4.78, 5) is 27.8. The number of nitro benzene ring substituents is 1. The van der Waals surface area contributed by atoms with Crippen LogP contribution < -0.4 is 10.7 Å². The van der Waals surface area contributed by atoms with Crippen LogP contribution in [0.4, 0.5) is 11.4 Å². The number of nitrogens with zero attached hydrogens (tertiary/aromatic N) is 2. The molecular weight excluding hydrogens is 456 g/mol. The van der Waals surface area contributed by atoms with Crippen LogP contribution in [0.15, 0.2) is 111 Å². The Bertz CT molecular complexity index is 1670. The topological polar surface area (TPSA) is 109 Å². The number of fused-ring (bicyclic) bond motifs is 1. The van der Waals surface area contributed by atoms with Crippen molar-refractivity contribution >= 4 is 28.6 Å². The highest BCUT2D eigenvalue weighted by Crippen LogP contribution is 2.30. The van der Waals surface area contributed by atoms with Gasteiger partial charge < -0.3 is 9.52 Å². The highest BCUT2D eigenvalue weighted by molar-refractivity contribution is 5.88. The molecule has 0 saturated carbocycles. The predicted molar refractivity (Wildman–Crippen MR) is 137 cm³/mol. The second-order valence-electron chi connectivity index (χ2n) is 8.25. The Kier molecular flexibility index (Phi) is 6.11. The summed E-state index contributed by atoms with van der Waals surface area (Å²) < 4.78 is 5.43. The van der Waals surface area contributed by atoms with E-state index in [2.05, 4.69) is 4.99 Å². The van der Waals surface area contributed by atoms with Gasteiger partial charge in [-0.1, -0.05) is 60.7 Å². The Labute approximate surface area is 205 Å². The molecule has 7 nitrogen and oxygen atoms in total. The maximum Gasteiger partial charge on any atom is 0.344 e. The van der Waals surface area contributed by atoms with E-state index < -0.39 is 22.0 Å². The minimum Gasteiger partial charge on any atom is -0.867 e. The van der Waals surface area contributed by atoms with Gasteiger partial charge in [-0.15, -0.1) is 0 Å². The van der Waals surface area contributed by atoms with Crippen molar-refractivity contribution in [3.63, 3.8) is 0 Å². The minimum absolute atomic E-state index is 0.116. The van der Waals surface area contributed by atoms with Crippen LogP contribution >= 0.6 is 0 Å². The fourth-order valence-corrected chi connectivity index (χ4v) is 4.02. The van der Waals surface area contributed by atoms with Gasteiger partial charge in [-0.25, -0.2) is 4.79 Å². The van der Waals surface area contributed by atoms with Gasteiger partial charge >= 0.3 is 5.63 Å². The lowest BCUT2D eigenvalue weighted by molar-refractivity contribution is -0.398. The Hall–Kier alpha value is -5.04. The van der Waals surface area contributed by atoms with Crippen molar-refractivity contribution in [3.8, 4) is 16.9 Å². The van der Waals surface area contributed by atoms with Crippen LogP contribution in [0.25, 0.3) is 22.1 Å². The van der Waals surface area contributed by atoms with Gasteiger partial charge in [0.25, 0.3) is 5.69 Å². The van der Waals surface area contributed by atoms with Crippen molar-refractivity contribution in [2.24, 2.45) is 4.99 Å². The molecule has 4 aromatic carbocycles. The first kappa shape index (κ1) is 22.7. The van der Waals surface area contributed by atoms with Crippen molar-refractivity contribution in [1.29, 1.82) is 0 Å². The van der Waals surface area contributed by atoms with E-state index in [0.717, 1.165) is 10.9 Å². The van der Waals surface area contributed by atoms with Gasteiger partial charge in [-0.3, -0.25) is 15.1 Å². The maximum absolute atomic E-state index is 12.7. The second kappa shape index (κ2) is 9.68. The van der Waals surface area contributed by atoms with Crippen LogP contribution in [0.2, 0.25) is 0 Å². The van der Waals surface area contributed by atoms with Gasteiger partial charge in [0.2, 0.25) is 0 Å². The first-order chi connectivity index (χ1) is 17.5. The van der Waals surface area contributed by atoms with Gasteiger partial charge in [0, 0.05) is 17.7 Å². The first-order valence-electron chi connectivity index (χ1n) is 11.2. The molecule has 0 spiro atoms. The highest BCUT2D eigenvalue weighted by Gasteiger charge is 2.13. The zero-order chi connectivity index (χ0) is 25.1.